The Morgan fingerprint density at radius 2 is 2.12 bits per heavy atom. The van der Waals surface area contributed by atoms with Crippen LogP contribution in [0.25, 0.3) is 0 Å². The highest BCUT2D eigenvalue weighted by Crippen LogP contribution is 2.16. The van der Waals surface area contributed by atoms with E-state index >= 15 is 0 Å². The van der Waals surface area contributed by atoms with Gasteiger partial charge in [-0.15, -0.1) is 0 Å². The Balaban J connectivity index is 2.49. The average Bonchev–Trinajstić information content (AvgIpc) is 2.31. The molecule has 17 heavy (non-hydrogen) atoms. The molecular weight excluding hydrogens is 236 g/mol. The minimum absolute atomic E-state index is 0.0903. The van der Waals surface area contributed by atoms with Crippen LogP contribution in [-0.4, -0.2) is 37.7 Å². The fourth-order valence-electron chi connectivity index (χ4n) is 1.76. The number of benzene rings is 1. The molecule has 3 nitrogen and oxygen atoms in total. The van der Waals surface area contributed by atoms with Crippen molar-refractivity contribution in [1.82, 2.24) is 4.90 Å². The molecule has 0 radical (unpaired) electrons. The SMILES string of the molecule is CCOC(CN)CN(C)Cc1ccccc1Cl. The number of likely N-dealkylation sites (N-methyl/N-ethyl adjacent to an activating group) is 1. The lowest BCUT2D eigenvalue weighted by atomic mass is 10.2. The Labute approximate surface area is 109 Å². The molecule has 1 atom stereocenters. The highest BCUT2D eigenvalue weighted by Gasteiger charge is 2.11. The first kappa shape index (κ1) is 14.5. The standard InChI is InChI=1S/C13H21ClN2O/c1-3-17-12(8-15)10-16(2)9-11-6-4-5-7-13(11)14/h4-7,12H,3,8-10,15H2,1-2H3. The number of hydrogen-bond donors (Lipinski definition) is 1. The van der Waals surface area contributed by atoms with Crippen LogP contribution >= 0.6 is 11.6 Å². The second-order valence-electron chi connectivity index (χ2n) is 4.10. The molecule has 0 amide bonds. The van der Waals surface area contributed by atoms with E-state index in [0.717, 1.165) is 23.7 Å². The number of nitrogens with two attached hydrogens (primary N) is 1. The fraction of sp³-hybridized carbons (Fsp3) is 0.538. The van der Waals surface area contributed by atoms with E-state index in [1.54, 1.807) is 0 Å². The molecule has 0 spiro atoms. The first-order chi connectivity index (χ1) is 8.17. The maximum atomic E-state index is 6.12. The van der Waals surface area contributed by atoms with Crippen molar-refractivity contribution in [1.29, 1.82) is 0 Å². The molecule has 0 aliphatic carbocycles. The van der Waals surface area contributed by atoms with Gasteiger partial charge in [-0.1, -0.05) is 29.8 Å². The van der Waals surface area contributed by atoms with Crippen molar-refractivity contribution in [3.63, 3.8) is 0 Å². The zero-order chi connectivity index (χ0) is 12.7. The summed E-state index contributed by atoms with van der Waals surface area (Å²) in [6.07, 6.45) is 0.0903. The summed E-state index contributed by atoms with van der Waals surface area (Å²) in [6.45, 7) is 4.85. The van der Waals surface area contributed by atoms with Crippen molar-refractivity contribution in [2.75, 3.05) is 26.7 Å². The molecule has 4 heteroatoms. The summed E-state index contributed by atoms with van der Waals surface area (Å²) in [5, 5.41) is 0.806. The molecule has 0 fully saturated rings. The monoisotopic (exact) mass is 256 g/mol. The fourth-order valence-corrected chi connectivity index (χ4v) is 1.96. The van der Waals surface area contributed by atoms with Gasteiger partial charge in [-0.25, -0.2) is 0 Å². The van der Waals surface area contributed by atoms with Gasteiger partial charge in [-0.05, 0) is 25.6 Å². The van der Waals surface area contributed by atoms with Gasteiger partial charge in [0, 0.05) is 31.3 Å². The predicted molar refractivity (Wildman–Crippen MR) is 72.3 cm³/mol. The molecule has 0 aliphatic heterocycles. The molecule has 2 N–H and O–H groups in total. The molecule has 1 aromatic rings. The molecular formula is C13H21ClN2O. The van der Waals surface area contributed by atoms with Gasteiger partial charge >= 0.3 is 0 Å². The van der Waals surface area contributed by atoms with E-state index in [0.29, 0.717) is 13.2 Å². The third-order valence-corrected chi connectivity index (χ3v) is 2.95. The Bertz CT molecular complexity index is 333. The van der Waals surface area contributed by atoms with Crippen LogP contribution < -0.4 is 5.73 Å². The van der Waals surface area contributed by atoms with Gasteiger partial charge in [0.25, 0.3) is 0 Å². The lowest BCUT2D eigenvalue weighted by Crippen LogP contribution is -2.36. The molecule has 1 aromatic carbocycles. The Morgan fingerprint density at radius 3 is 2.71 bits per heavy atom. The van der Waals surface area contributed by atoms with E-state index in [9.17, 15) is 0 Å². The zero-order valence-corrected chi connectivity index (χ0v) is 11.3. The van der Waals surface area contributed by atoms with Gasteiger partial charge in [0.2, 0.25) is 0 Å². The molecule has 0 bridgehead atoms. The minimum atomic E-state index is 0.0903. The van der Waals surface area contributed by atoms with Gasteiger partial charge < -0.3 is 10.5 Å². The Morgan fingerprint density at radius 1 is 1.41 bits per heavy atom. The maximum absolute atomic E-state index is 6.12. The van der Waals surface area contributed by atoms with E-state index in [1.807, 2.05) is 38.2 Å². The van der Waals surface area contributed by atoms with Crippen molar-refractivity contribution >= 4 is 11.6 Å². The van der Waals surface area contributed by atoms with Gasteiger partial charge in [-0.3, -0.25) is 4.90 Å². The summed E-state index contributed by atoms with van der Waals surface area (Å²) in [7, 11) is 2.05. The topological polar surface area (TPSA) is 38.5 Å². The van der Waals surface area contributed by atoms with E-state index in [1.165, 1.54) is 0 Å². The summed E-state index contributed by atoms with van der Waals surface area (Å²) in [6, 6.07) is 7.89. The molecule has 96 valence electrons. The molecule has 0 saturated carbocycles. The normalized spacial score (nSPS) is 13.0. The van der Waals surface area contributed by atoms with Crippen LogP contribution in [0, 0.1) is 0 Å². The van der Waals surface area contributed by atoms with E-state index in [-0.39, 0.29) is 6.10 Å². The highest BCUT2D eigenvalue weighted by atomic mass is 35.5. The van der Waals surface area contributed by atoms with E-state index < -0.39 is 0 Å². The maximum Gasteiger partial charge on any atom is 0.0823 e. The van der Waals surface area contributed by atoms with E-state index in [4.69, 9.17) is 22.1 Å². The zero-order valence-electron chi connectivity index (χ0n) is 10.5. The van der Waals surface area contributed by atoms with Crippen LogP contribution in [0.3, 0.4) is 0 Å². The first-order valence-electron chi connectivity index (χ1n) is 5.91. The van der Waals surface area contributed by atoms with Crippen molar-refractivity contribution in [2.45, 2.75) is 19.6 Å². The molecule has 1 unspecified atom stereocenters. The molecule has 0 aliphatic rings. The van der Waals surface area contributed by atoms with Crippen molar-refractivity contribution in [3.8, 4) is 0 Å². The van der Waals surface area contributed by atoms with Gasteiger partial charge in [-0.2, -0.15) is 0 Å². The predicted octanol–water partition coefficient (Wildman–Crippen LogP) is 2.14. The largest absolute Gasteiger partial charge is 0.376 e. The lowest BCUT2D eigenvalue weighted by molar-refractivity contribution is 0.0437. The van der Waals surface area contributed by atoms with Crippen LogP contribution in [0.4, 0.5) is 0 Å². The molecule has 0 aromatic heterocycles. The third kappa shape index (κ3) is 5.04. The van der Waals surface area contributed by atoms with Crippen LogP contribution in [-0.2, 0) is 11.3 Å². The van der Waals surface area contributed by atoms with Crippen LogP contribution in [0.2, 0.25) is 5.02 Å². The summed E-state index contributed by atoms with van der Waals surface area (Å²) in [5.41, 5.74) is 6.78. The van der Waals surface area contributed by atoms with Crippen molar-refractivity contribution < 1.29 is 4.74 Å². The second kappa shape index (κ2) is 7.67. The number of halogens is 1. The van der Waals surface area contributed by atoms with Gasteiger partial charge in [0.05, 0.1) is 6.10 Å². The number of hydrogen-bond acceptors (Lipinski definition) is 3. The molecule has 0 saturated heterocycles. The summed E-state index contributed by atoms with van der Waals surface area (Å²) >= 11 is 6.12. The van der Waals surface area contributed by atoms with Crippen LogP contribution in [0.5, 0.6) is 0 Å². The average molecular weight is 257 g/mol. The summed E-state index contributed by atoms with van der Waals surface area (Å²) < 4.78 is 5.53. The van der Waals surface area contributed by atoms with Gasteiger partial charge in [0.15, 0.2) is 0 Å². The Kier molecular flexibility index (Phi) is 6.52. The van der Waals surface area contributed by atoms with Crippen molar-refractivity contribution in [2.24, 2.45) is 5.73 Å². The number of nitrogens with zero attached hydrogens (tertiary/aromatic N) is 1. The summed E-state index contributed by atoms with van der Waals surface area (Å²) in [5.74, 6) is 0. The first-order valence-corrected chi connectivity index (χ1v) is 6.28. The third-order valence-electron chi connectivity index (χ3n) is 2.58. The van der Waals surface area contributed by atoms with E-state index in [2.05, 4.69) is 4.90 Å². The van der Waals surface area contributed by atoms with Crippen molar-refractivity contribution in [3.05, 3.63) is 34.9 Å². The van der Waals surface area contributed by atoms with Gasteiger partial charge in [0.1, 0.15) is 0 Å². The lowest BCUT2D eigenvalue weighted by Gasteiger charge is -2.23. The number of rotatable bonds is 7. The molecule has 0 heterocycles. The quantitative estimate of drug-likeness (QED) is 0.812. The highest BCUT2D eigenvalue weighted by molar-refractivity contribution is 6.31. The van der Waals surface area contributed by atoms with Crippen LogP contribution in [0.1, 0.15) is 12.5 Å². The minimum Gasteiger partial charge on any atom is -0.376 e. The van der Waals surface area contributed by atoms with Crippen LogP contribution in [0.15, 0.2) is 24.3 Å². The Hall–Kier alpha value is -0.610. The summed E-state index contributed by atoms with van der Waals surface area (Å²) in [4.78, 5) is 2.17. The second-order valence-corrected chi connectivity index (χ2v) is 4.51. The molecule has 1 rings (SSSR count). The number of ether oxygens (including phenoxy) is 1. The smallest absolute Gasteiger partial charge is 0.0823 e.